The van der Waals surface area contributed by atoms with E-state index in [-0.39, 0.29) is 5.75 Å². The highest BCUT2D eigenvalue weighted by Gasteiger charge is 2.03. The summed E-state index contributed by atoms with van der Waals surface area (Å²) in [5.41, 5.74) is 1.90. The lowest BCUT2D eigenvalue weighted by Gasteiger charge is -2.06. The number of aromatic nitrogens is 3. The monoisotopic (exact) mass is 240 g/mol. The molecule has 3 N–H and O–H groups in total. The second-order valence-corrected chi connectivity index (χ2v) is 3.98. The Kier molecular flexibility index (Phi) is 2.57. The quantitative estimate of drug-likeness (QED) is 0.656. The summed E-state index contributed by atoms with van der Waals surface area (Å²) in [4.78, 5) is 11.4. The average molecular weight is 240 g/mol. The van der Waals surface area contributed by atoms with Gasteiger partial charge in [-0.05, 0) is 23.8 Å². The second-order valence-electron chi connectivity index (χ2n) is 3.98. The predicted molar refractivity (Wildman–Crippen MR) is 69.3 cm³/mol. The second kappa shape index (κ2) is 4.37. The van der Waals surface area contributed by atoms with E-state index in [9.17, 15) is 5.11 Å². The highest BCUT2D eigenvalue weighted by atomic mass is 16.3. The number of aromatic hydroxyl groups is 1. The molecule has 18 heavy (non-hydrogen) atoms. The van der Waals surface area contributed by atoms with E-state index in [0.717, 1.165) is 22.4 Å². The van der Waals surface area contributed by atoms with Gasteiger partial charge in [-0.25, -0.2) is 9.97 Å². The third-order valence-electron chi connectivity index (χ3n) is 2.75. The molecule has 0 saturated carbocycles. The molecule has 0 fully saturated rings. The van der Waals surface area contributed by atoms with Crippen molar-refractivity contribution in [1.82, 2.24) is 15.0 Å². The zero-order valence-electron chi connectivity index (χ0n) is 9.59. The summed E-state index contributed by atoms with van der Waals surface area (Å²) >= 11 is 0. The molecule has 2 heterocycles. The first kappa shape index (κ1) is 10.6. The van der Waals surface area contributed by atoms with Crippen LogP contribution in [0.3, 0.4) is 0 Å². The minimum atomic E-state index is 0.272. The van der Waals surface area contributed by atoms with Crippen LogP contribution in [0.5, 0.6) is 5.75 Å². The number of nitrogens with zero attached hydrogens (tertiary/aromatic N) is 2. The molecule has 90 valence electrons. The van der Waals surface area contributed by atoms with Gasteiger partial charge in [-0.3, -0.25) is 0 Å². The number of phenols is 1. The van der Waals surface area contributed by atoms with E-state index in [1.165, 1.54) is 6.33 Å². The first-order chi connectivity index (χ1) is 8.83. The van der Waals surface area contributed by atoms with Crippen molar-refractivity contribution in [2.75, 3.05) is 5.32 Å². The Hall–Kier alpha value is -2.56. The van der Waals surface area contributed by atoms with E-state index >= 15 is 0 Å². The molecule has 2 aromatic heterocycles. The molecular formula is C13H12N4O. The zero-order valence-corrected chi connectivity index (χ0v) is 9.59. The van der Waals surface area contributed by atoms with Crippen LogP contribution >= 0.6 is 0 Å². The van der Waals surface area contributed by atoms with Crippen molar-refractivity contribution in [2.24, 2.45) is 0 Å². The van der Waals surface area contributed by atoms with Crippen LogP contribution in [0.15, 0.2) is 42.9 Å². The summed E-state index contributed by atoms with van der Waals surface area (Å²) in [6.07, 6.45) is 3.36. The molecule has 3 rings (SSSR count). The topological polar surface area (TPSA) is 73.8 Å². The smallest absolute Gasteiger partial charge is 0.142 e. The Morgan fingerprint density at radius 3 is 2.78 bits per heavy atom. The zero-order chi connectivity index (χ0) is 12.4. The lowest BCUT2D eigenvalue weighted by atomic mass is 10.2. The molecule has 1 aromatic carbocycles. The fraction of sp³-hybridized carbons (Fsp3) is 0.0769. The summed E-state index contributed by atoms with van der Waals surface area (Å²) in [7, 11) is 0. The Bertz CT molecular complexity index is 660. The van der Waals surface area contributed by atoms with E-state index < -0.39 is 0 Å². The van der Waals surface area contributed by atoms with Crippen molar-refractivity contribution in [3.05, 3.63) is 48.4 Å². The number of H-pyrrole nitrogens is 1. The van der Waals surface area contributed by atoms with Gasteiger partial charge in [-0.1, -0.05) is 12.1 Å². The maximum Gasteiger partial charge on any atom is 0.142 e. The largest absolute Gasteiger partial charge is 0.508 e. The number of fused-ring (bicyclic) bond motifs is 1. The van der Waals surface area contributed by atoms with Gasteiger partial charge in [0, 0.05) is 12.7 Å². The van der Waals surface area contributed by atoms with Crippen LogP contribution in [-0.4, -0.2) is 20.1 Å². The van der Waals surface area contributed by atoms with Crippen LogP contribution in [0, 0.1) is 0 Å². The number of hydrogen-bond acceptors (Lipinski definition) is 4. The van der Waals surface area contributed by atoms with Crippen molar-refractivity contribution in [2.45, 2.75) is 6.54 Å². The Morgan fingerprint density at radius 2 is 1.94 bits per heavy atom. The first-order valence-electron chi connectivity index (χ1n) is 5.63. The maximum atomic E-state index is 9.21. The summed E-state index contributed by atoms with van der Waals surface area (Å²) in [6, 6.07) is 9.02. The molecule has 0 aliphatic carbocycles. The van der Waals surface area contributed by atoms with Crippen LogP contribution < -0.4 is 5.32 Å². The minimum absolute atomic E-state index is 0.272. The first-order valence-corrected chi connectivity index (χ1v) is 5.63. The molecule has 0 aliphatic heterocycles. The molecule has 0 unspecified atom stereocenters. The van der Waals surface area contributed by atoms with Crippen molar-refractivity contribution < 1.29 is 5.11 Å². The van der Waals surface area contributed by atoms with Gasteiger partial charge in [0.1, 0.15) is 23.5 Å². The van der Waals surface area contributed by atoms with Gasteiger partial charge in [0.25, 0.3) is 0 Å². The third kappa shape index (κ3) is 1.98. The summed E-state index contributed by atoms with van der Waals surface area (Å²) in [5.74, 6) is 1.07. The normalized spacial score (nSPS) is 10.7. The van der Waals surface area contributed by atoms with Gasteiger partial charge in [0.2, 0.25) is 0 Å². The lowest BCUT2D eigenvalue weighted by molar-refractivity contribution is 0.475. The van der Waals surface area contributed by atoms with Crippen LogP contribution in [0.4, 0.5) is 5.82 Å². The lowest BCUT2D eigenvalue weighted by Crippen LogP contribution is -2.01. The van der Waals surface area contributed by atoms with Gasteiger partial charge in [-0.15, -0.1) is 0 Å². The van der Waals surface area contributed by atoms with Crippen LogP contribution in [-0.2, 0) is 6.54 Å². The fourth-order valence-corrected chi connectivity index (χ4v) is 1.81. The predicted octanol–water partition coefficient (Wildman–Crippen LogP) is 2.28. The number of phenolic OH excluding ortho intramolecular Hbond substituents is 1. The minimum Gasteiger partial charge on any atom is -0.508 e. The standard InChI is InChI=1S/C13H12N4O/c18-10-3-1-9(2-4-10)7-15-13-11-5-6-14-12(11)16-8-17-13/h1-6,8,18H,7H2,(H2,14,15,16,17). The molecule has 0 bridgehead atoms. The highest BCUT2D eigenvalue weighted by molar-refractivity contribution is 5.86. The van der Waals surface area contributed by atoms with E-state index in [1.54, 1.807) is 12.1 Å². The van der Waals surface area contributed by atoms with Crippen molar-refractivity contribution in [1.29, 1.82) is 0 Å². The van der Waals surface area contributed by atoms with Crippen molar-refractivity contribution in [3.63, 3.8) is 0 Å². The fourth-order valence-electron chi connectivity index (χ4n) is 1.81. The SMILES string of the molecule is Oc1ccc(CNc2ncnc3[nH]ccc23)cc1. The Morgan fingerprint density at radius 1 is 1.11 bits per heavy atom. The van der Waals surface area contributed by atoms with Crippen molar-refractivity contribution in [3.8, 4) is 5.75 Å². The molecule has 5 heteroatoms. The summed E-state index contributed by atoms with van der Waals surface area (Å²) in [6.45, 7) is 0.650. The van der Waals surface area contributed by atoms with E-state index in [2.05, 4.69) is 20.3 Å². The van der Waals surface area contributed by atoms with E-state index in [1.807, 2.05) is 24.4 Å². The van der Waals surface area contributed by atoms with Gasteiger partial charge < -0.3 is 15.4 Å². The number of rotatable bonds is 3. The Balaban J connectivity index is 1.80. The number of aromatic amines is 1. The Labute approximate surface area is 104 Å². The van der Waals surface area contributed by atoms with Crippen LogP contribution in [0.1, 0.15) is 5.56 Å². The molecule has 3 aromatic rings. The number of nitrogens with one attached hydrogen (secondary N) is 2. The van der Waals surface area contributed by atoms with E-state index in [0.29, 0.717) is 6.54 Å². The van der Waals surface area contributed by atoms with Gasteiger partial charge in [0.05, 0.1) is 5.39 Å². The van der Waals surface area contributed by atoms with Crippen molar-refractivity contribution >= 4 is 16.9 Å². The summed E-state index contributed by atoms with van der Waals surface area (Å²) in [5, 5.41) is 13.4. The number of hydrogen-bond donors (Lipinski definition) is 3. The summed E-state index contributed by atoms with van der Waals surface area (Å²) < 4.78 is 0. The molecule has 0 amide bonds. The molecule has 0 atom stereocenters. The average Bonchev–Trinajstić information content (AvgIpc) is 2.87. The molecule has 0 spiro atoms. The maximum absolute atomic E-state index is 9.21. The molecule has 5 nitrogen and oxygen atoms in total. The third-order valence-corrected chi connectivity index (χ3v) is 2.75. The highest BCUT2D eigenvalue weighted by Crippen LogP contribution is 2.18. The van der Waals surface area contributed by atoms with E-state index in [4.69, 9.17) is 0 Å². The molecule has 0 radical (unpaired) electrons. The number of anilines is 1. The van der Waals surface area contributed by atoms with Gasteiger partial charge >= 0.3 is 0 Å². The van der Waals surface area contributed by atoms with Gasteiger partial charge in [0.15, 0.2) is 0 Å². The molecular weight excluding hydrogens is 228 g/mol. The van der Waals surface area contributed by atoms with Crippen LogP contribution in [0.2, 0.25) is 0 Å². The van der Waals surface area contributed by atoms with Gasteiger partial charge in [-0.2, -0.15) is 0 Å². The molecule has 0 aliphatic rings. The molecule has 0 saturated heterocycles. The number of benzene rings is 1. The van der Waals surface area contributed by atoms with Crippen LogP contribution in [0.25, 0.3) is 11.0 Å².